The third-order valence-electron chi connectivity index (χ3n) is 4.01. The molecule has 0 aromatic heterocycles. The fourth-order valence-corrected chi connectivity index (χ4v) is 4.24. The van der Waals surface area contributed by atoms with Crippen LogP contribution in [0.15, 0.2) is 29.2 Å². The van der Waals surface area contributed by atoms with Crippen molar-refractivity contribution in [3.63, 3.8) is 0 Å². The molecule has 5 heteroatoms. The number of nitrogens with zero attached hydrogens (tertiary/aromatic N) is 1. The Labute approximate surface area is 122 Å². The molecule has 1 heterocycles. The molecule has 1 aliphatic heterocycles. The Morgan fingerprint density at radius 3 is 2.65 bits per heavy atom. The summed E-state index contributed by atoms with van der Waals surface area (Å²) in [5.74, 6) is 0. The van der Waals surface area contributed by atoms with Gasteiger partial charge >= 0.3 is 0 Å². The number of benzene rings is 1. The van der Waals surface area contributed by atoms with Gasteiger partial charge in [-0.1, -0.05) is 32.9 Å². The second kappa shape index (κ2) is 5.47. The average molecular weight is 296 g/mol. The van der Waals surface area contributed by atoms with Crippen LogP contribution in [-0.4, -0.2) is 25.8 Å². The van der Waals surface area contributed by atoms with Crippen LogP contribution >= 0.6 is 0 Å². The van der Waals surface area contributed by atoms with Gasteiger partial charge in [-0.15, -0.1) is 0 Å². The van der Waals surface area contributed by atoms with Gasteiger partial charge in [-0.05, 0) is 36.0 Å². The summed E-state index contributed by atoms with van der Waals surface area (Å²) in [6.45, 7) is 7.38. The van der Waals surface area contributed by atoms with E-state index in [1.54, 1.807) is 22.5 Å². The van der Waals surface area contributed by atoms with Crippen LogP contribution < -0.4 is 5.73 Å². The molecular weight excluding hydrogens is 272 g/mol. The number of nitrogens with two attached hydrogens (primary N) is 1. The van der Waals surface area contributed by atoms with Gasteiger partial charge in [0.2, 0.25) is 10.0 Å². The van der Waals surface area contributed by atoms with Crippen molar-refractivity contribution in [1.29, 1.82) is 0 Å². The molecule has 1 atom stereocenters. The lowest BCUT2D eigenvalue weighted by atomic mass is 9.93. The van der Waals surface area contributed by atoms with Crippen LogP contribution in [0, 0.1) is 5.41 Å². The normalized spacial score (nSPS) is 21.0. The van der Waals surface area contributed by atoms with Gasteiger partial charge in [0.25, 0.3) is 0 Å². The third kappa shape index (κ3) is 3.05. The minimum absolute atomic E-state index is 0.0600. The molecule has 1 unspecified atom stereocenters. The zero-order valence-electron chi connectivity index (χ0n) is 12.5. The van der Waals surface area contributed by atoms with Crippen molar-refractivity contribution in [1.82, 2.24) is 4.31 Å². The van der Waals surface area contributed by atoms with Gasteiger partial charge in [-0.25, -0.2) is 8.42 Å². The SMILES string of the molecule is CCC(N)c1cccc(S(=O)(=O)N2CCC(C)(C)C2)c1. The first-order chi connectivity index (χ1) is 9.26. The summed E-state index contributed by atoms with van der Waals surface area (Å²) in [6.07, 6.45) is 1.70. The summed E-state index contributed by atoms with van der Waals surface area (Å²) in [7, 11) is -3.40. The molecule has 1 aliphatic rings. The van der Waals surface area contributed by atoms with Crippen LogP contribution in [0.2, 0.25) is 0 Å². The van der Waals surface area contributed by atoms with Crippen molar-refractivity contribution in [3.05, 3.63) is 29.8 Å². The van der Waals surface area contributed by atoms with E-state index in [2.05, 4.69) is 13.8 Å². The van der Waals surface area contributed by atoms with Crippen molar-refractivity contribution < 1.29 is 8.42 Å². The lowest BCUT2D eigenvalue weighted by Crippen LogP contribution is -2.30. The van der Waals surface area contributed by atoms with Gasteiger partial charge in [-0.3, -0.25) is 0 Å². The monoisotopic (exact) mass is 296 g/mol. The van der Waals surface area contributed by atoms with Crippen LogP contribution in [0.5, 0.6) is 0 Å². The maximum absolute atomic E-state index is 12.7. The number of sulfonamides is 1. The zero-order chi connectivity index (χ0) is 15.0. The summed E-state index contributed by atoms with van der Waals surface area (Å²) in [5.41, 5.74) is 6.94. The smallest absolute Gasteiger partial charge is 0.243 e. The summed E-state index contributed by atoms with van der Waals surface area (Å²) in [5, 5.41) is 0. The first-order valence-electron chi connectivity index (χ1n) is 7.12. The first-order valence-corrected chi connectivity index (χ1v) is 8.56. The summed E-state index contributed by atoms with van der Waals surface area (Å²) in [6, 6.07) is 6.93. The van der Waals surface area contributed by atoms with Crippen LogP contribution in [0.25, 0.3) is 0 Å². The van der Waals surface area contributed by atoms with Crippen LogP contribution in [-0.2, 0) is 10.0 Å². The van der Waals surface area contributed by atoms with E-state index >= 15 is 0 Å². The molecule has 112 valence electrons. The van der Waals surface area contributed by atoms with Gasteiger partial charge in [0.1, 0.15) is 0 Å². The molecule has 2 N–H and O–H groups in total. The average Bonchev–Trinajstić information content (AvgIpc) is 2.79. The molecule has 20 heavy (non-hydrogen) atoms. The van der Waals surface area contributed by atoms with Crippen LogP contribution in [0.4, 0.5) is 0 Å². The number of hydrogen-bond donors (Lipinski definition) is 1. The largest absolute Gasteiger partial charge is 0.324 e. The highest BCUT2D eigenvalue weighted by Gasteiger charge is 2.36. The third-order valence-corrected chi connectivity index (χ3v) is 5.85. The maximum Gasteiger partial charge on any atom is 0.243 e. The maximum atomic E-state index is 12.7. The second-order valence-corrected chi connectivity index (χ2v) is 8.28. The van der Waals surface area contributed by atoms with Crippen molar-refractivity contribution in [2.75, 3.05) is 13.1 Å². The number of hydrogen-bond acceptors (Lipinski definition) is 3. The van der Waals surface area contributed by atoms with E-state index in [9.17, 15) is 8.42 Å². The van der Waals surface area contributed by atoms with E-state index in [4.69, 9.17) is 5.73 Å². The molecular formula is C15H24N2O2S. The summed E-state index contributed by atoms with van der Waals surface area (Å²) < 4.78 is 26.9. The second-order valence-electron chi connectivity index (χ2n) is 6.34. The Balaban J connectivity index is 2.31. The van der Waals surface area contributed by atoms with E-state index in [1.807, 2.05) is 13.0 Å². The van der Waals surface area contributed by atoms with Crippen molar-refractivity contribution in [2.45, 2.75) is 44.6 Å². The topological polar surface area (TPSA) is 63.4 Å². The zero-order valence-corrected chi connectivity index (χ0v) is 13.3. The predicted octanol–water partition coefficient (Wildman–Crippen LogP) is 2.52. The fraction of sp³-hybridized carbons (Fsp3) is 0.600. The molecule has 0 spiro atoms. The Morgan fingerprint density at radius 2 is 2.10 bits per heavy atom. The van der Waals surface area contributed by atoms with Gasteiger partial charge < -0.3 is 5.73 Å². The molecule has 0 amide bonds. The molecule has 2 rings (SSSR count). The van der Waals surface area contributed by atoms with E-state index in [0.717, 1.165) is 18.4 Å². The van der Waals surface area contributed by atoms with Gasteiger partial charge in [0.15, 0.2) is 0 Å². The molecule has 1 saturated heterocycles. The lowest BCUT2D eigenvalue weighted by molar-refractivity contribution is 0.375. The molecule has 1 fully saturated rings. The Morgan fingerprint density at radius 1 is 1.40 bits per heavy atom. The van der Waals surface area contributed by atoms with Crippen LogP contribution in [0.3, 0.4) is 0 Å². The molecule has 1 aromatic rings. The lowest BCUT2D eigenvalue weighted by Gasteiger charge is -2.20. The first kappa shape index (κ1) is 15.5. The number of rotatable bonds is 4. The molecule has 0 radical (unpaired) electrons. The van der Waals surface area contributed by atoms with Crippen molar-refractivity contribution >= 4 is 10.0 Å². The van der Waals surface area contributed by atoms with E-state index in [1.165, 1.54) is 0 Å². The Kier molecular flexibility index (Phi) is 4.23. The van der Waals surface area contributed by atoms with Crippen LogP contribution in [0.1, 0.15) is 45.2 Å². The Bertz CT molecular complexity index is 581. The Hall–Kier alpha value is -0.910. The van der Waals surface area contributed by atoms with Gasteiger partial charge in [0, 0.05) is 19.1 Å². The van der Waals surface area contributed by atoms with Gasteiger partial charge in [0.05, 0.1) is 4.90 Å². The van der Waals surface area contributed by atoms with Crippen molar-refractivity contribution in [2.24, 2.45) is 11.1 Å². The van der Waals surface area contributed by atoms with E-state index < -0.39 is 10.0 Å². The van der Waals surface area contributed by atoms with E-state index in [0.29, 0.717) is 18.0 Å². The molecule has 1 aromatic carbocycles. The highest BCUT2D eigenvalue weighted by molar-refractivity contribution is 7.89. The fourth-order valence-electron chi connectivity index (χ4n) is 2.56. The molecule has 0 saturated carbocycles. The van der Waals surface area contributed by atoms with Crippen molar-refractivity contribution in [3.8, 4) is 0 Å². The minimum atomic E-state index is -3.40. The van der Waals surface area contributed by atoms with Gasteiger partial charge in [-0.2, -0.15) is 4.31 Å². The molecule has 0 bridgehead atoms. The highest BCUT2D eigenvalue weighted by atomic mass is 32.2. The molecule has 4 nitrogen and oxygen atoms in total. The minimum Gasteiger partial charge on any atom is -0.324 e. The quantitative estimate of drug-likeness (QED) is 0.928. The van der Waals surface area contributed by atoms with E-state index in [-0.39, 0.29) is 11.5 Å². The predicted molar refractivity (Wildman–Crippen MR) is 80.8 cm³/mol. The summed E-state index contributed by atoms with van der Waals surface area (Å²) >= 11 is 0. The highest BCUT2D eigenvalue weighted by Crippen LogP contribution is 2.33. The summed E-state index contributed by atoms with van der Waals surface area (Å²) in [4.78, 5) is 0.358. The molecule has 0 aliphatic carbocycles. The standard InChI is InChI=1S/C15H24N2O2S/c1-4-14(16)12-6-5-7-13(10-12)20(18,19)17-9-8-15(2,3)11-17/h5-7,10,14H,4,8-9,11,16H2,1-3H3.